The van der Waals surface area contributed by atoms with Crippen molar-refractivity contribution in [2.45, 2.75) is 111 Å². The van der Waals surface area contributed by atoms with E-state index < -0.39 is 0 Å². The predicted octanol–water partition coefficient (Wildman–Crippen LogP) is 7.39. The topological polar surface area (TPSA) is 20.2 Å². The zero-order valence-corrected chi connectivity index (χ0v) is 21.0. The van der Waals surface area contributed by atoms with Crippen LogP contribution in [0.4, 0.5) is 0 Å². The van der Waals surface area contributed by atoms with Gasteiger partial charge in [0.05, 0.1) is 6.10 Å². The van der Waals surface area contributed by atoms with Crippen LogP contribution in [0.2, 0.25) is 0 Å². The SMILES string of the molecule is CC(C)CCCC(C)[C@H]1CC[C@H]2[C@@H]3CC=C4C[C@@H](O)CC[C@]4(C)[C@H]3CC[C@]12C.[Cr]. The fourth-order valence-electron chi connectivity index (χ4n) is 8.67. The van der Waals surface area contributed by atoms with E-state index in [4.69, 9.17) is 0 Å². The van der Waals surface area contributed by atoms with Gasteiger partial charge in [0, 0.05) is 17.4 Å². The van der Waals surface area contributed by atoms with Crippen molar-refractivity contribution in [3.8, 4) is 0 Å². The number of rotatable bonds is 5. The number of allylic oxidation sites excluding steroid dienone is 1. The third-order valence-corrected chi connectivity index (χ3v) is 10.3. The maximum atomic E-state index is 10.2. The van der Waals surface area contributed by atoms with Crippen molar-refractivity contribution < 1.29 is 22.5 Å². The minimum Gasteiger partial charge on any atom is -0.393 e. The van der Waals surface area contributed by atoms with Crippen molar-refractivity contribution in [3.05, 3.63) is 11.6 Å². The van der Waals surface area contributed by atoms with Gasteiger partial charge < -0.3 is 5.11 Å². The minimum atomic E-state index is -0.0766. The first-order chi connectivity index (χ1) is 13.3. The van der Waals surface area contributed by atoms with Crippen LogP contribution in [-0.4, -0.2) is 11.2 Å². The Morgan fingerprint density at radius 3 is 2.48 bits per heavy atom. The van der Waals surface area contributed by atoms with E-state index >= 15 is 0 Å². The minimum absolute atomic E-state index is 0. The van der Waals surface area contributed by atoms with Gasteiger partial charge in [0.2, 0.25) is 0 Å². The van der Waals surface area contributed by atoms with Crippen LogP contribution in [0, 0.1) is 46.3 Å². The van der Waals surface area contributed by atoms with Gasteiger partial charge in [-0.1, -0.05) is 65.5 Å². The molecular formula is C27H46CrO. The van der Waals surface area contributed by atoms with Crippen molar-refractivity contribution in [1.29, 1.82) is 0 Å². The first-order valence-corrected chi connectivity index (χ1v) is 12.6. The Balaban J connectivity index is 0.00000240. The molecule has 166 valence electrons. The summed E-state index contributed by atoms with van der Waals surface area (Å²) in [4.78, 5) is 0. The fourth-order valence-corrected chi connectivity index (χ4v) is 8.67. The molecule has 0 amide bonds. The van der Waals surface area contributed by atoms with Crippen molar-refractivity contribution >= 4 is 0 Å². The van der Waals surface area contributed by atoms with Crippen molar-refractivity contribution in [3.63, 3.8) is 0 Å². The first kappa shape index (κ1) is 23.9. The van der Waals surface area contributed by atoms with Gasteiger partial charge in [-0.3, -0.25) is 0 Å². The van der Waals surface area contributed by atoms with Crippen LogP contribution in [0.25, 0.3) is 0 Å². The van der Waals surface area contributed by atoms with Crippen LogP contribution < -0.4 is 0 Å². The van der Waals surface area contributed by atoms with Crippen LogP contribution in [-0.2, 0) is 17.4 Å². The van der Waals surface area contributed by atoms with E-state index in [2.05, 4.69) is 40.7 Å². The van der Waals surface area contributed by atoms with E-state index in [1.54, 1.807) is 5.57 Å². The van der Waals surface area contributed by atoms with E-state index in [0.717, 1.165) is 48.3 Å². The Bertz CT molecular complexity index is 597. The average Bonchev–Trinajstić information content (AvgIpc) is 2.99. The molecule has 0 aromatic rings. The number of aliphatic hydroxyl groups is 1. The van der Waals surface area contributed by atoms with Gasteiger partial charge in [-0.2, -0.15) is 0 Å². The van der Waals surface area contributed by atoms with Gasteiger partial charge in [0.1, 0.15) is 0 Å². The Kier molecular flexibility index (Phi) is 7.41. The molecule has 4 aliphatic rings. The van der Waals surface area contributed by atoms with Gasteiger partial charge in [-0.25, -0.2) is 0 Å². The molecule has 1 nitrogen and oxygen atoms in total. The fraction of sp³-hybridized carbons (Fsp3) is 0.926. The molecule has 0 aromatic carbocycles. The summed E-state index contributed by atoms with van der Waals surface area (Å²) < 4.78 is 0. The molecule has 1 N–H and O–H groups in total. The second kappa shape index (κ2) is 9.00. The molecule has 3 saturated carbocycles. The van der Waals surface area contributed by atoms with E-state index in [-0.39, 0.29) is 23.5 Å². The molecule has 0 radical (unpaired) electrons. The maximum Gasteiger partial charge on any atom is 0.0577 e. The monoisotopic (exact) mass is 438 g/mol. The molecular weight excluding hydrogens is 392 g/mol. The van der Waals surface area contributed by atoms with Gasteiger partial charge in [0.15, 0.2) is 0 Å². The standard InChI is InChI=1S/C27H46O.Cr/c1-18(2)7-6-8-19(3)23-11-12-24-22-10-9-20-17-21(28)13-15-26(20,4)25(22)14-16-27(23,24)5;/h9,18-19,21-25,28H,6-8,10-17H2,1-5H3;/t19?,21-,22-,23+,24-,25-,26-,27+;/m0./s1. The second-order valence-electron chi connectivity index (χ2n) is 12.2. The van der Waals surface area contributed by atoms with Crippen LogP contribution in [0.1, 0.15) is 105 Å². The molecule has 2 heteroatoms. The summed E-state index contributed by atoms with van der Waals surface area (Å²) in [5.41, 5.74) is 2.60. The molecule has 4 rings (SSSR count). The summed E-state index contributed by atoms with van der Waals surface area (Å²) >= 11 is 0. The summed E-state index contributed by atoms with van der Waals surface area (Å²) in [5.74, 6) is 5.46. The maximum absolute atomic E-state index is 10.2. The molecule has 3 fully saturated rings. The molecule has 29 heavy (non-hydrogen) atoms. The molecule has 0 saturated heterocycles. The summed E-state index contributed by atoms with van der Waals surface area (Å²) in [6, 6.07) is 0. The largest absolute Gasteiger partial charge is 0.393 e. The molecule has 4 aliphatic carbocycles. The summed E-state index contributed by atoms with van der Waals surface area (Å²) in [5, 5.41) is 10.2. The third kappa shape index (κ3) is 4.17. The number of hydrogen-bond acceptors (Lipinski definition) is 1. The predicted molar refractivity (Wildman–Crippen MR) is 119 cm³/mol. The Labute approximate surface area is 191 Å². The Hall–Kier alpha value is 0.232. The van der Waals surface area contributed by atoms with Gasteiger partial charge in [-0.05, 0) is 97.7 Å². The molecule has 0 heterocycles. The van der Waals surface area contributed by atoms with Gasteiger partial charge >= 0.3 is 0 Å². The van der Waals surface area contributed by atoms with E-state index in [9.17, 15) is 5.11 Å². The van der Waals surface area contributed by atoms with Crippen LogP contribution in [0.5, 0.6) is 0 Å². The molecule has 1 unspecified atom stereocenters. The zero-order chi connectivity index (χ0) is 20.1. The second-order valence-corrected chi connectivity index (χ2v) is 12.2. The third-order valence-electron chi connectivity index (χ3n) is 10.3. The molecule has 8 atom stereocenters. The summed E-state index contributed by atoms with van der Waals surface area (Å²) in [6.45, 7) is 12.6. The van der Waals surface area contributed by atoms with Gasteiger partial charge in [-0.15, -0.1) is 0 Å². The summed E-state index contributed by atoms with van der Waals surface area (Å²) in [6.07, 6.45) is 17.2. The van der Waals surface area contributed by atoms with Crippen molar-refractivity contribution in [2.75, 3.05) is 0 Å². The molecule has 0 spiro atoms. The summed E-state index contributed by atoms with van der Waals surface area (Å²) in [7, 11) is 0. The van der Waals surface area contributed by atoms with Crippen LogP contribution in [0.3, 0.4) is 0 Å². The quantitative estimate of drug-likeness (QED) is 0.444. The van der Waals surface area contributed by atoms with E-state index in [1.165, 1.54) is 57.8 Å². The number of fused-ring (bicyclic) bond motifs is 5. The molecule has 0 bridgehead atoms. The normalized spacial score (nSPS) is 44.9. The van der Waals surface area contributed by atoms with E-state index in [0.29, 0.717) is 10.8 Å². The van der Waals surface area contributed by atoms with Gasteiger partial charge in [0.25, 0.3) is 0 Å². The zero-order valence-electron chi connectivity index (χ0n) is 19.8. The number of hydrogen-bond donors (Lipinski definition) is 1. The van der Waals surface area contributed by atoms with E-state index in [1.807, 2.05) is 0 Å². The Morgan fingerprint density at radius 1 is 1.00 bits per heavy atom. The average molecular weight is 439 g/mol. The Morgan fingerprint density at radius 2 is 1.76 bits per heavy atom. The first-order valence-electron chi connectivity index (χ1n) is 12.6. The smallest absolute Gasteiger partial charge is 0.0577 e. The van der Waals surface area contributed by atoms with Crippen molar-refractivity contribution in [2.24, 2.45) is 46.3 Å². The number of aliphatic hydroxyl groups excluding tert-OH is 1. The van der Waals surface area contributed by atoms with Crippen LogP contribution in [0.15, 0.2) is 11.6 Å². The molecule has 0 aliphatic heterocycles. The molecule has 0 aromatic heterocycles. The van der Waals surface area contributed by atoms with Crippen LogP contribution >= 0.6 is 0 Å². The van der Waals surface area contributed by atoms with Crippen molar-refractivity contribution in [1.82, 2.24) is 0 Å².